The molecule has 3 aromatic carbocycles. The Morgan fingerprint density at radius 1 is 0.879 bits per heavy atom. The van der Waals surface area contributed by atoms with Gasteiger partial charge >= 0.3 is 0 Å². The molecule has 33 heavy (non-hydrogen) atoms. The Labute approximate surface area is 198 Å². The molecule has 1 heterocycles. The molecule has 168 valence electrons. The van der Waals surface area contributed by atoms with Gasteiger partial charge in [-0.15, -0.1) is 0 Å². The Bertz CT molecular complexity index is 1120. The van der Waals surface area contributed by atoms with Crippen molar-refractivity contribution in [2.75, 3.05) is 0 Å². The van der Waals surface area contributed by atoms with Crippen LogP contribution in [0.4, 0.5) is 0 Å². The van der Waals surface area contributed by atoms with Crippen LogP contribution in [-0.2, 0) is 20.9 Å². The van der Waals surface area contributed by atoms with E-state index in [9.17, 15) is 4.79 Å². The van der Waals surface area contributed by atoms with E-state index in [1.54, 1.807) is 0 Å². The van der Waals surface area contributed by atoms with Crippen LogP contribution < -0.4 is 4.74 Å². The lowest BCUT2D eigenvalue weighted by molar-refractivity contribution is -0.134. The van der Waals surface area contributed by atoms with Crippen LogP contribution in [0.2, 0.25) is 5.02 Å². The summed E-state index contributed by atoms with van der Waals surface area (Å²) >= 11 is 5.94. The molecule has 0 saturated heterocycles. The van der Waals surface area contributed by atoms with Crippen LogP contribution in [0, 0.1) is 5.92 Å². The van der Waals surface area contributed by atoms with E-state index in [1.807, 2.05) is 66.7 Å². The molecule has 0 radical (unpaired) electrons. The number of benzene rings is 3. The van der Waals surface area contributed by atoms with Crippen molar-refractivity contribution in [3.05, 3.63) is 101 Å². The van der Waals surface area contributed by atoms with Crippen molar-refractivity contribution in [2.24, 2.45) is 5.92 Å². The van der Waals surface area contributed by atoms with Gasteiger partial charge in [-0.2, -0.15) is 0 Å². The minimum Gasteiger partial charge on any atom is -0.493 e. The summed E-state index contributed by atoms with van der Waals surface area (Å²) in [6, 6.07) is 25.5. The standard InChI is InChI=1S/C28H25ClO4/c29-22-10-6-19(7-11-22)17-31-24-14-15-25-26(16-24)32-18-27(28(25)30)33-23-12-8-21(9-13-23)20-4-2-1-3-5-20/h1-13,18,24-26H,14-17H2. The molecule has 5 rings (SSSR count). The van der Waals surface area contributed by atoms with Crippen LogP contribution in [0.1, 0.15) is 24.8 Å². The van der Waals surface area contributed by atoms with E-state index in [0.717, 1.165) is 29.5 Å². The molecule has 0 amide bonds. The summed E-state index contributed by atoms with van der Waals surface area (Å²) in [5.74, 6) is 0.707. The fourth-order valence-electron chi connectivity index (χ4n) is 4.43. The highest BCUT2D eigenvalue weighted by molar-refractivity contribution is 6.30. The van der Waals surface area contributed by atoms with Gasteiger partial charge in [0, 0.05) is 11.4 Å². The van der Waals surface area contributed by atoms with Gasteiger partial charge < -0.3 is 14.2 Å². The van der Waals surface area contributed by atoms with Crippen molar-refractivity contribution in [3.8, 4) is 16.9 Å². The zero-order chi connectivity index (χ0) is 22.6. The van der Waals surface area contributed by atoms with Crippen molar-refractivity contribution in [1.29, 1.82) is 0 Å². The summed E-state index contributed by atoms with van der Waals surface area (Å²) in [7, 11) is 0. The quantitative estimate of drug-likeness (QED) is 0.416. The van der Waals surface area contributed by atoms with E-state index in [-0.39, 0.29) is 29.7 Å². The molecular weight excluding hydrogens is 436 g/mol. The van der Waals surface area contributed by atoms with E-state index >= 15 is 0 Å². The number of ether oxygens (including phenoxy) is 3. The molecule has 0 bridgehead atoms. The Morgan fingerprint density at radius 3 is 2.36 bits per heavy atom. The van der Waals surface area contributed by atoms with E-state index in [4.69, 9.17) is 25.8 Å². The summed E-state index contributed by atoms with van der Waals surface area (Å²) in [4.78, 5) is 13.0. The van der Waals surface area contributed by atoms with Gasteiger partial charge in [0.2, 0.25) is 11.5 Å². The van der Waals surface area contributed by atoms with Crippen LogP contribution in [0.3, 0.4) is 0 Å². The Hall–Kier alpha value is -3.08. The Morgan fingerprint density at radius 2 is 1.61 bits per heavy atom. The van der Waals surface area contributed by atoms with Crippen molar-refractivity contribution in [1.82, 2.24) is 0 Å². The van der Waals surface area contributed by atoms with Gasteiger partial charge in [0.25, 0.3) is 0 Å². The van der Waals surface area contributed by atoms with Crippen molar-refractivity contribution < 1.29 is 19.0 Å². The third kappa shape index (κ3) is 5.13. The first kappa shape index (κ1) is 21.7. The van der Waals surface area contributed by atoms with Crippen molar-refractivity contribution in [2.45, 2.75) is 38.1 Å². The second kappa shape index (κ2) is 9.82. The summed E-state index contributed by atoms with van der Waals surface area (Å²) < 4.78 is 17.9. The molecule has 0 aromatic heterocycles. The zero-order valence-electron chi connectivity index (χ0n) is 18.2. The molecule has 2 aliphatic rings. The molecule has 0 N–H and O–H groups in total. The van der Waals surface area contributed by atoms with E-state index in [0.29, 0.717) is 23.8 Å². The molecule has 1 fully saturated rings. The number of carbonyl (C=O) groups excluding carboxylic acids is 1. The molecule has 4 nitrogen and oxygen atoms in total. The summed E-state index contributed by atoms with van der Waals surface area (Å²) in [6.45, 7) is 0.524. The maximum atomic E-state index is 13.0. The van der Waals surface area contributed by atoms with Gasteiger partial charge in [-0.3, -0.25) is 4.79 Å². The number of Topliss-reactive ketones (excluding diaryl/α,β-unsaturated/α-hetero) is 1. The SMILES string of the molecule is O=C1C(Oc2ccc(-c3ccccc3)cc2)=COC2CC(OCc3ccc(Cl)cc3)CCC12. The molecular formula is C28H25ClO4. The average Bonchev–Trinajstić information content (AvgIpc) is 2.86. The minimum absolute atomic E-state index is 0.00883. The molecule has 0 spiro atoms. The number of halogens is 1. The zero-order valence-corrected chi connectivity index (χ0v) is 18.9. The monoisotopic (exact) mass is 460 g/mol. The maximum Gasteiger partial charge on any atom is 0.207 e. The summed E-state index contributed by atoms with van der Waals surface area (Å²) in [5.41, 5.74) is 3.31. The first-order valence-electron chi connectivity index (χ1n) is 11.2. The predicted octanol–water partition coefficient (Wildman–Crippen LogP) is 6.58. The lowest BCUT2D eigenvalue weighted by Gasteiger charge is -2.37. The minimum atomic E-state index is -0.191. The number of hydrogen-bond donors (Lipinski definition) is 0. The number of carbonyl (C=O) groups is 1. The van der Waals surface area contributed by atoms with Crippen LogP contribution in [0.25, 0.3) is 11.1 Å². The van der Waals surface area contributed by atoms with Crippen LogP contribution >= 0.6 is 11.6 Å². The van der Waals surface area contributed by atoms with Gasteiger partial charge in [-0.05, 0) is 53.8 Å². The third-order valence-electron chi connectivity index (χ3n) is 6.26. The number of hydrogen-bond acceptors (Lipinski definition) is 4. The first-order valence-corrected chi connectivity index (χ1v) is 11.6. The lowest BCUT2D eigenvalue weighted by atomic mass is 9.80. The Balaban J connectivity index is 1.18. The van der Waals surface area contributed by atoms with Gasteiger partial charge in [-0.25, -0.2) is 0 Å². The van der Waals surface area contributed by atoms with Crippen LogP contribution in [0.15, 0.2) is 90.9 Å². The Kier molecular flexibility index (Phi) is 6.47. The van der Waals surface area contributed by atoms with Crippen LogP contribution in [0.5, 0.6) is 5.75 Å². The molecule has 1 aliphatic heterocycles. The van der Waals surface area contributed by atoms with Gasteiger partial charge in [0.05, 0.1) is 18.6 Å². The highest BCUT2D eigenvalue weighted by atomic mass is 35.5. The van der Waals surface area contributed by atoms with Crippen molar-refractivity contribution >= 4 is 17.4 Å². The summed E-state index contributed by atoms with van der Waals surface area (Å²) in [5, 5.41) is 0.713. The van der Waals surface area contributed by atoms with Gasteiger partial charge in [0.1, 0.15) is 18.1 Å². The molecule has 1 saturated carbocycles. The second-order valence-corrected chi connectivity index (χ2v) is 8.93. The fourth-order valence-corrected chi connectivity index (χ4v) is 4.55. The van der Waals surface area contributed by atoms with Crippen LogP contribution in [-0.4, -0.2) is 18.0 Å². The number of allylic oxidation sites excluding steroid dienone is 1. The van der Waals surface area contributed by atoms with E-state index < -0.39 is 0 Å². The molecule has 5 heteroatoms. The molecule has 3 atom stereocenters. The summed E-state index contributed by atoms with van der Waals surface area (Å²) in [6.07, 6.45) is 3.60. The number of rotatable bonds is 6. The first-order chi connectivity index (χ1) is 16.2. The fraction of sp³-hybridized carbons (Fsp3) is 0.250. The largest absolute Gasteiger partial charge is 0.493 e. The highest BCUT2D eigenvalue weighted by Gasteiger charge is 2.41. The average molecular weight is 461 g/mol. The smallest absolute Gasteiger partial charge is 0.207 e. The number of fused-ring (bicyclic) bond motifs is 1. The highest BCUT2D eigenvalue weighted by Crippen LogP contribution is 2.35. The normalized spacial score (nSPS) is 22.2. The van der Waals surface area contributed by atoms with E-state index in [1.165, 1.54) is 6.26 Å². The van der Waals surface area contributed by atoms with Gasteiger partial charge in [-0.1, -0.05) is 66.2 Å². The lowest BCUT2D eigenvalue weighted by Crippen LogP contribution is -2.42. The van der Waals surface area contributed by atoms with Crippen molar-refractivity contribution in [3.63, 3.8) is 0 Å². The van der Waals surface area contributed by atoms with Gasteiger partial charge in [0.15, 0.2) is 0 Å². The topological polar surface area (TPSA) is 44.8 Å². The maximum absolute atomic E-state index is 13.0. The molecule has 3 aromatic rings. The molecule has 1 aliphatic carbocycles. The predicted molar refractivity (Wildman–Crippen MR) is 128 cm³/mol. The number of ketones is 1. The molecule has 3 unspecified atom stereocenters. The second-order valence-electron chi connectivity index (χ2n) is 8.49. The third-order valence-corrected chi connectivity index (χ3v) is 6.51. The van der Waals surface area contributed by atoms with E-state index in [2.05, 4.69) is 12.1 Å².